The summed E-state index contributed by atoms with van der Waals surface area (Å²) in [6.07, 6.45) is -6.97. The molecule has 0 saturated carbocycles. The second-order valence-electron chi connectivity index (χ2n) is 2.60. The van der Waals surface area contributed by atoms with Gasteiger partial charge in [0.2, 0.25) is 0 Å². The molecule has 72 valence electrons. The monoisotopic (exact) mass is 180 g/mol. The number of methoxy groups -OCH3 is 1. The SMILES string of the molecule is CO[C@H]1O[C@@H](O)[C@H](O)[C@@H](O)[C@@H]1O. The van der Waals surface area contributed by atoms with E-state index < -0.39 is 30.9 Å². The molecule has 1 fully saturated rings. The molecule has 1 aliphatic rings. The van der Waals surface area contributed by atoms with Crippen LogP contribution in [0.5, 0.6) is 0 Å². The average molecular weight is 180 g/mol. The Balaban J connectivity index is 2.63. The fraction of sp³-hybridized carbons (Fsp3) is 1.00. The molecule has 4 N–H and O–H groups in total. The lowest BCUT2D eigenvalue weighted by molar-refractivity contribution is -0.334. The molecule has 1 heterocycles. The van der Waals surface area contributed by atoms with Crippen molar-refractivity contribution in [1.82, 2.24) is 0 Å². The van der Waals surface area contributed by atoms with E-state index in [-0.39, 0.29) is 0 Å². The van der Waals surface area contributed by atoms with Gasteiger partial charge in [0.1, 0.15) is 18.3 Å². The Morgan fingerprint density at radius 1 is 1.00 bits per heavy atom. The maximum absolute atomic E-state index is 9.15. The van der Waals surface area contributed by atoms with E-state index in [0.29, 0.717) is 0 Å². The van der Waals surface area contributed by atoms with Gasteiger partial charge >= 0.3 is 0 Å². The zero-order valence-corrected chi connectivity index (χ0v) is 6.49. The molecule has 0 aliphatic carbocycles. The van der Waals surface area contributed by atoms with Crippen LogP contribution in [0.4, 0.5) is 0 Å². The summed E-state index contributed by atoms with van der Waals surface area (Å²) in [6, 6.07) is 0. The van der Waals surface area contributed by atoms with E-state index in [1.54, 1.807) is 0 Å². The fourth-order valence-electron chi connectivity index (χ4n) is 1.03. The summed E-state index contributed by atoms with van der Waals surface area (Å²) < 4.78 is 9.19. The van der Waals surface area contributed by atoms with Crippen LogP contribution in [0.1, 0.15) is 0 Å². The smallest absolute Gasteiger partial charge is 0.188 e. The van der Waals surface area contributed by atoms with E-state index in [2.05, 4.69) is 9.47 Å². The van der Waals surface area contributed by atoms with Crippen LogP contribution in [0.2, 0.25) is 0 Å². The molecule has 0 aromatic carbocycles. The standard InChI is InChI=1S/C6H12O6/c1-11-6-4(9)2(7)3(8)5(10)12-6/h2-10H,1H3/t2-,3-,4+,5-,6+/m1/s1. The van der Waals surface area contributed by atoms with Gasteiger partial charge in [-0.15, -0.1) is 0 Å². The maximum Gasteiger partial charge on any atom is 0.188 e. The maximum atomic E-state index is 9.15. The number of aliphatic hydroxyl groups is 4. The molecule has 12 heavy (non-hydrogen) atoms. The molecule has 1 saturated heterocycles. The highest BCUT2D eigenvalue weighted by Gasteiger charge is 2.43. The highest BCUT2D eigenvalue weighted by Crippen LogP contribution is 2.19. The molecular weight excluding hydrogens is 168 g/mol. The first kappa shape index (κ1) is 9.85. The zero-order valence-electron chi connectivity index (χ0n) is 6.49. The van der Waals surface area contributed by atoms with Gasteiger partial charge in [0.25, 0.3) is 0 Å². The molecule has 0 amide bonds. The zero-order chi connectivity index (χ0) is 9.30. The number of ether oxygens (including phenoxy) is 2. The predicted octanol–water partition coefficient (Wildman–Crippen LogP) is -2.61. The molecule has 6 heteroatoms. The van der Waals surface area contributed by atoms with Crippen molar-refractivity contribution < 1.29 is 29.9 Å². The average Bonchev–Trinajstić information content (AvgIpc) is 2.08. The van der Waals surface area contributed by atoms with Crippen LogP contribution in [-0.4, -0.2) is 58.4 Å². The Labute approximate surface area is 69.0 Å². The highest BCUT2D eigenvalue weighted by molar-refractivity contribution is 4.84. The minimum absolute atomic E-state index is 1.11. The summed E-state index contributed by atoms with van der Waals surface area (Å²) in [5, 5.41) is 36.2. The van der Waals surface area contributed by atoms with Gasteiger partial charge in [0.05, 0.1) is 0 Å². The van der Waals surface area contributed by atoms with Gasteiger partial charge in [-0.05, 0) is 0 Å². The van der Waals surface area contributed by atoms with Crippen LogP contribution in [-0.2, 0) is 9.47 Å². The Hall–Kier alpha value is -0.240. The molecule has 0 bridgehead atoms. The molecule has 5 atom stereocenters. The lowest BCUT2D eigenvalue weighted by Gasteiger charge is -2.37. The Morgan fingerprint density at radius 2 is 1.58 bits per heavy atom. The van der Waals surface area contributed by atoms with Gasteiger partial charge in [-0.25, -0.2) is 0 Å². The topological polar surface area (TPSA) is 99.4 Å². The quantitative estimate of drug-likeness (QED) is 0.353. The minimum atomic E-state index is -1.53. The van der Waals surface area contributed by atoms with E-state index in [1.165, 1.54) is 7.11 Å². The van der Waals surface area contributed by atoms with Gasteiger partial charge in [-0.2, -0.15) is 0 Å². The Bertz CT molecular complexity index is 146. The molecule has 1 rings (SSSR count). The number of aliphatic hydroxyl groups excluding tert-OH is 4. The summed E-state index contributed by atoms with van der Waals surface area (Å²) in [5.41, 5.74) is 0. The van der Waals surface area contributed by atoms with Crippen LogP contribution < -0.4 is 0 Å². The van der Waals surface area contributed by atoms with Crippen LogP contribution in [0.25, 0.3) is 0 Å². The van der Waals surface area contributed by atoms with Crippen molar-refractivity contribution in [3.8, 4) is 0 Å². The van der Waals surface area contributed by atoms with E-state index in [0.717, 1.165) is 0 Å². The largest absolute Gasteiger partial charge is 0.387 e. The third-order valence-electron chi connectivity index (χ3n) is 1.78. The van der Waals surface area contributed by atoms with Crippen molar-refractivity contribution in [2.45, 2.75) is 30.9 Å². The summed E-state index contributed by atoms with van der Waals surface area (Å²) in [5.74, 6) is 0. The van der Waals surface area contributed by atoms with Crippen molar-refractivity contribution in [3.63, 3.8) is 0 Å². The first-order valence-electron chi connectivity index (χ1n) is 3.48. The summed E-state index contributed by atoms with van der Waals surface area (Å²) in [7, 11) is 1.25. The van der Waals surface area contributed by atoms with Gasteiger partial charge < -0.3 is 29.9 Å². The highest BCUT2D eigenvalue weighted by atomic mass is 16.7. The minimum Gasteiger partial charge on any atom is -0.387 e. The lowest BCUT2D eigenvalue weighted by Crippen LogP contribution is -2.57. The molecule has 0 unspecified atom stereocenters. The van der Waals surface area contributed by atoms with Gasteiger partial charge in [0.15, 0.2) is 12.6 Å². The molecule has 0 radical (unpaired) electrons. The van der Waals surface area contributed by atoms with Crippen molar-refractivity contribution >= 4 is 0 Å². The van der Waals surface area contributed by atoms with Gasteiger partial charge in [0, 0.05) is 7.11 Å². The van der Waals surface area contributed by atoms with Crippen LogP contribution in [0, 0.1) is 0 Å². The predicted molar refractivity (Wildman–Crippen MR) is 35.9 cm³/mol. The number of hydrogen-bond donors (Lipinski definition) is 4. The molecule has 0 aromatic heterocycles. The van der Waals surface area contributed by atoms with E-state index in [1.807, 2.05) is 0 Å². The molecular formula is C6H12O6. The van der Waals surface area contributed by atoms with Crippen LogP contribution in [0.3, 0.4) is 0 Å². The first-order chi connectivity index (χ1) is 5.57. The normalized spacial score (nSPS) is 49.2. The lowest BCUT2D eigenvalue weighted by atomic mass is 10.0. The van der Waals surface area contributed by atoms with E-state index >= 15 is 0 Å². The fourth-order valence-corrected chi connectivity index (χ4v) is 1.03. The van der Waals surface area contributed by atoms with Crippen molar-refractivity contribution in [1.29, 1.82) is 0 Å². The second kappa shape index (κ2) is 3.65. The Kier molecular flexibility index (Phi) is 2.99. The summed E-state index contributed by atoms with van der Waals surface area (Å²) in [6.45, 7) is 0. The van der Waals surface area contributed by atoms with Crippen LogP contribution >= 0.6 is 0 Å². The third-order valence-corrected chi connectivity index (χ3v) is 1.78. The van der Waals surface area contributed by atoms with Gasteiger partial charge in [-0.1, -0.05) is 0 Å². The van der Waals surface area contributed by atoms with E-state index in [4.69, 9.17) is 20.4 Å². The Morgan fingerprint density at radius 3 is 2.08 bits per heavy atom. The van der Waals surface area contributed by atoms with Crippen molar-refractivity contribution in [3.05, 3.63) is 0 Å². The number of hydrogen-bond acceptors (Lipinski definition) is 6. The summed E-state index contributed by atoms with van der Waals surface area (Å²) in [4.78, 5) is 0. The molecule has 1 aliphatic heterocycles. The van der Waals surface area contributed by atoms with Crippen LogP contribution in [0.15, 0.2) is 0 Å². The molecule has 0 aromatic rings. The van der Waals surface area contributed by atoms with Crippen molar-refractivity contribution in [2.24, 2.45) is 0 Å². The van der Waals surface area contributed by atoms with E-state index in [9.17, 15) is 0 Å². The summed E-state index contributed by atoms with van der Waals surface area (Å²) >= 11 is 0. The first-order valence-corrected chi connectivity index (χ1v) is 3.48. The number of rotatable bonds is 1. The molecule has 0 spiro atoms. The van der Waals surface area contributed by atoms with Gasteiger partial charge in [-0.3, -0.25) is 0 Å². The second-order valence-corrected chi connectivity index (χ2v) is 2.60. The molecule has 6 nitrogen and oxygen atoms in total. The van der Waals surface area contributed by atoms with Crippen molar-refractivity contribution in [2.75, 3.05) is 7.11 Å². The third kappa shape index (κ3) is 1.58.